The summed E-state index contributed by atoms with van der Waals surface area (Å²) < 4.78 is 0. The van der Waals surface area contributed by atoms with E-state index in [2.05, 4.69) is 9.97 Å². The maximum atomic E-state index is 11.7. The number of carbonyl (C=O) groups is 1. The third kappa shape index (κ3) is 1.57. The Morgan fingerprint density at radius 1 is 1.57 bits per heavy atom. The van der Waals surface area contributed by atoms with E-state index in [0.29, 0.717) is 24.6 Å². The molecule has 0 fully saturated rings. The van der Waals surface area contributed by atoms with Crippen LogP contribution in [0, 0.1) is 12.8 Å². The van der Waals surface area contributed by atoms with Crippen molar-refractivity contribution in [2.75, 3.05) is 6.54 Å². The quantitative estimate of drug-likeness (QED) is 0.730. The second-order valence-electron chi connectivity index (χ2n) is 3.92. The SMILES string of the molecule is Cc1nc2c([nH]1)CC(CCN)CC2=O. The van der Waals surface area contributed by atoms with Crippen molar-refractivity contribution in [1.29, 1.82) is 0 Å². The predicted molar refractivity (Wildman–Crippen MR) is 53.1 cm³/mol. The summed E-state index contributed by atoms with van der Waals surface area (Å²) in [4.78, 5) is 19.0. The molecule has 4 nitrogen and oxygen atoms in total. The highest BCUT2D eigenvalue weighted by atomic mass is 16.1. The van der Waals surface area contributed by atoms with Crippen molar-refractivity contribution in [3.8, 4) is 0 Å². The number of fused-ring (bicyclic) bond motifs is 1. The Kier molecular flexibility index (Phi) is 2.37. The number of hydrogen-bond donors (Lipinski definition) is 2. The number of hydrogen-bond acceptors (Lipinski definition) is 3. The molecule has 0 radical (unpaired) electrons. The van der Waals surface area contributed by atoms with Gasteiger partial charge in [0.25, 0.3) is 0 Å². The van der Waals surface area contributed by atoms with Gasteiger partial charge in [-0.05, 0) is 32.2 Å². The minimum Gasteiger partial charge on any atom is -0.345 e. The molecule has 0 aromatic carbocycles. The van der Waals surface area contributed by atoms with Crippen LogP contribution >= 0.6 is 0 Å². The van der Waals surface area contributed by atoms with E-state index in [0.717, 1.165) is 24.4 Å². The van der Waals surface area contributed by atoms with Crippen LogP contribution in [0.4, 0.5) is 0 Å². The van der Waals surface area contributed by atoms with E-state index in [1.54, 1.807) is 0 Å². The first kappa shape index (κ1) is 9.40. The van der Waals surface area contributed by atoms with Gasteiger partial charge in [0.15, 0.2) is 5.78 Å². The van der Waals surface area contributed by atoms with Gasteiger partial charge in [-0.25, -0.2) is 4.98 Å². The average Bonchev–Trinajstić information content (AvgIpc) is 2.47. The molecule has 4 heteroatoms. The molecular weight excluding hydrogens is 178 g/mol. The van der Waals surface area contributed by atoms with E-state index in [4.69, 9.17) is 5.73 Å². The molecule has 14 heavy (non-hydrogen) atoms. The van der Waals surface area contributed by atoms with E-state index < -0.39 is 0 Å². The van der Waals surface area contributed by atoms with Gasteiger partial charge >= 0.3 is 0 Å². The van der Waals surface area contributed by atoms with Crippen LogP contribution in [0.15, 0.2) is 0 Å². The first-order valence-electron chi connectivity index (χ1n) is 4.99. The minimum absolute atomic E-state index is 0.161. The molecule has 1 aliphatic rings. The van der Waals surface area contributed by atoms with Gasteiger partial charge in [0, 0.05) is 12.1 Å². The summed E-state index contributed by atoms with van der Waals surface area (Å²) >= 11 is 0. The van der Waals surface area contributed by atoms with Crippen LogP contribution in [0.5, 0.6) is 0 Å². The summed E-state index contributed by atoms with van der Waals surface area (Å²) in [7, 11) is 0. The molecule has 0 saturated carbocycles. The van der Waals surface area contributed by atoms with Gasteiger partial charge in [-0.2, -0.15) is 0 Å². The number of aromatic nitrogens is 2. The fourth-order valence-corrected chi connectivity index (χ4v) is 2.08. The number of nitrogens with one attached hydrogen (secondary N) is 1. The number of aromatic amines is 1. The summed E-state index contributed by atoms with van der Waals surface area (Å²) in [5, 5.41) is 0. The van der Waals surface area contributed by atoms with Gasteiger partial charge in [-0.1, -0.05) is 0 Å². The number of rotatable bonds is 2. The lowest BCUT2D eigenvalue weighted by Crippen LogP contribution is -2.22. The van der Waals surface area contributed by atoms with Crippen molar-refractivity contribution < 1.29 is 4.79 Å². The van der Waals surface area contributed by atoms with Crippen LogP contribution in [0.1, 0.15) is 34.8 Å². The molecule has 0 bridgehead atoms. The fraction of sp³-hybridized carbons (Fsp3) is 0.600. The average molecular weight is 193 g/mol. The lowest BCUT2D eigenvalue weighted by Gasteiger charge is -2.19. The molecule has 0 spiro atoms. The fourth-order valence-electron chi connectivity index (χ4n) is 2.08. The summed E-state index contributed by atoms with van der Waals surface area (Å²) in [6, 6.07) is 0. The Labute approximate surface area is 82.9 Å². The molecule has 0 saturated heterocycles. The van der Waals surface area contributed by atoms with Crippen molar-refractivity contribution >= 4 is 5.78 Å². The Bertz CT molecular complexity index is 356. The lowest BCUT2D eigenvalue weighted by atomic mass is 9.87. The summed E-state index contributed by atoms with van der Waals surface area (Å²) in [5.41, 5.74) is 7.14. The number of H-pyrrole nitrogens is 1. The largest absolute Gasteiger partial charge is 0.345 e. The van der Waals surface area contributed by atoms with Gasteiger partial charge in [0.05, 0.1) is 0 Å². The Morgan fingerprint density at radius 3 is 3.07 bits per heavy atom. The van der Waals surface area contributed by atoms with Crippen LogP contribution < -0.4 is 5.73 Å². The number of imidazole rings is 1. The molecule has 0 amide bonds. The molecule has 1 aromatic rings. The molecule has 0 aliphatic heterocycles. The first-order valence-corrected chi connectivity index (χ1v) is 4.99. The second-order valence-corrected chi connectivity index (χ2v) is 3.92. The molecule has 1 unspecified atom stereocenters. The highest BCUT2D eigenvalue weighted by molar-refractivity contribution is 5.96. The van der Waals surface area contributed by atoms with Crippen molar-refractivity contribution in [3.05, 3.63) is 17.2 Å². The van der Waals surface area contributed by atoms with E-state index in [-0.39, 0.29) is 5.78 Å². The summed E-state index contributed by atoms with van der Waals surface area (Å²) in [6.45, 7) is 2.53. The van der Waals surface area contributed by atoms with Crippen molar-refractivity contribution in [2.45, 2.75) is 26.2 Å². The Hall–Kier alpha value is -1.16. The van der Waals surface area contributed by atoms with Crippen LogP contribution in [0.3, 0.4) is 0 Å². The molecule has 1 atom stereocenters. The number of nitrogens with zero attached hydrogens (tertiary/aromatic N) is 1. The lowest BCUT2D eigenvalue weighted by molar-refractivity contribution is 0.0941. The highest BCUT2D eigenvalue weighted by Gasteiger charge is 2.27. The van der Waals surface area contributed by atoms with Gasteiger partial charge in [0.2, 0.25) is 0 Å². The number of Topliss-reactive ketones (excluding diaryl/α,β-unsaturated/α-hetero) is 1. The Balaban J connectivity index is 2.24. The first-order chi connectivity index (χ1) is 6.70. The zero-order valence-corrected chi connectivity index (χ0v) is 8.34. The maximum Gasteiger partial charge on any atom is 0.183 e. The molecule has 1 heterocycles. The number of carbonyl (C=O) groups excluding carboxylic acids is 1. The predicted octanol–water partition coefficient (Wildman–Crippen LogP) is 0.812. The van der Waals surface area contributed by atoms with Crippen LogP contribution in [0.25, 0.3) is 0 Å². The third-order valence-electron chi connectivity index (χ3n) is 2.70. The highest BCUT2D eigenvalue weighted by Crippen LogP contribution is 2.25. The molecular formula is C10H15N3O. The van der Waals surface area contributed by atoms with Crippen LogP contribution in [-0.2, 0) is 6.42 Å². The normalized spacial score (nSPS) is 21.0. The third-order valence-corrected chi connectivity index (χ3v) is 2.70. The smallest absolute Gasteiger partial charge is 0.183 e. The van der Waals surface area contributed by atoms with Gasteiger partial charge < -0.3 is 10.7 Å². The summed E-state index contributed by atoms with van der Waals surface area (Å²) in [6.07, 6.45) is 2.44. The zero-order chi connectivity index (χ0) is 10.1. The van der Waals surface area contributed by atoms with E-state index in [1.165, 1.54) is 0 Å². The van der Waals surface area contributed by atoms with Crippen molar-refractivity contribution in [2.24, 2.45) is 11.7 Å². The van der Waals surface area contributed by atoms with Gasteiger partial charge in [-0.15, -0.1) is 0 Å². The summed E-state index contributed by atoms with van der Waals surface area (Å²) in [5.74, 6) is 1.39. The van der Waals surface area contributed by atoms with E-state index in [1.807, 2.05) is 6.92 Å². The molecule has 2 rings (SSSR count). The second kappa shape index (κ2) is 3.53. The molecule has 3 N–H and O–H groups in total. The van der Waals surface area contributed by atoms with Crippen LogP contribution in [-0.4, -0.2) is 22.3 Å². The van der Waals surface area contributed by atoms with Crippen molar-refractivity contribution in [3.63, 3.8) is 0 Å². The van der Waals surface area contributed by atoms with Crippen LogP contribution in [0.2, 0.25) is 0 Å². The molecule has 1 aromatic heterocycles. The maximum absolute atomic E-state index is 11.7. The number of ketones is 1. The van der Waals surface area contributed by atoms with Crippen molar-refractivity contribution in [1.82, 2.24) is 9.97 Å². The molecule has 1 aliphatic carbocycles. The van der Waals surface area contributed by atoms with E-state index >= 15 is 0 Å². The zero-order valence-electron chi connectivity index (χ0n) is 8.34. The van der Waals surface area contributed by atoms with E-state index in [9.17, 15) is 4.79 Å². The topological polar surface area (TPSA) is 71.8 Å². The number of nitrogens with two attached hydrogens (primary N) is 1. The van der Waals surface area contributed by atoms with Gasteiger partial charge in [0.1, 0.15) is 11.5 Å². The monoisotopic (exact) mass is 193 g/mol. The van der Waals surface area contributed by atoms with Gasteiger partial charge in [-0.3, -0.25) is 4.79 Å². The minimum atomic E-state index is 0.161. The Morgan fingerprint density at radius 2 is 2.36 bits per heavy atom. The molecule has 76 valence electrons. The number of aryl methyl sites for hydroxylation is 1. The standard InChI is InChI=1S/C10H15N3O/c1-6-12-8-4-7(2-3-11)5-9(14)10(8)13-6/h7H,2-5,11H2,1H3,(H,12,13).